The number of nitrogens with zero attached hydrogens (tertiary/aromatic N) is 4. The Morgan fingerprint density at radius 2 is 2.09 bits per heavy atom. The Hall–Kier alpha value is -2.30. The Balaban J connectivity index is 1.59. The van der Waals surface area contributed by atoms with E-state index in [4.69, 9.17) is 0 Å². The molecule has 1 N–H and O–H groups in total. The van der Waals surface area contributed by atoms with Crippen LogP contribution in [0.4, 0.5) is 17.3 Å². The summed E-state index contributed by atoms with van der Waals surface area (Å²) >= 11 is 0. The summed E-state index contributed by atoms with van der Waals surface area (Å²) in [5.41, 5.74) is 2.65. The van der Waals surface area contributed by atoms with E-state index < -0.39 is 0 Å². The highest BCUT2D eigenvalue weighted by atomic mass is 15.2. The van der Waals surface area contributed by atoms with Gasteiger partial charge in [-0.1, -0.05) is 12.1 Å². The third-order valence-corrected chi connectivity index (χ3v) is 4.31. The van der Waals surface area contributed by atoms with Gasteiger partial charge in [0.1, 0.15) is 0 Å². The van der Waals surface area contributed by atoms with E-state index in [1.54, 1.807) is 12.4 Å². The number of benzene rings is 1. The molecular weight excluding hydrogens is 286 g/mol. The van der Waals surface area contributed by atoms with Crippen LogP contribution < -0.4 is 15.1 Å². The number of nitrogens with one attached hydrogen (secondary N) is 1. The molecule has 122 valence electrons. The molecule has 5 nitrogen and oxygen atoms in total. The van der Waals surface area contributed by atoms with Crippen molar-refractivity contribution in [1.82, 2.24) is 9.97 Å². The molecule has 1 aliphatic rings. The second kappa shape index (κ2) is 6.86. The molecule has 3 rings (SSSR count). The maximum Gasteiger partial charge on any atom is 0.171 e. The number of aromatic nitrogens is 2. The minimum Gasteiger partial charge on any atom is -0.371 e. The van der Waals surface area contributed by atoms with Crippen LogP contribution in [0.25, 0.3) is 0 Å². The van der Waals surface area contributed by atoms with E-state index in [9.17, 15) is 0 Å². The molecule has 0 radical (unpaired) electrons. The van der Waals surface area contributed by atoms with Gasteiger partial charge in [-0.25, -0.2) is 9.97 Å². The molecule has 0 aliphatic carbocycles. The average molecular weight is 311 g/mol. The molecule has 1 atom stereocenters. The largest absolute Gasteiger partial charge is 0.371 e. The quantitative estimate of drug-likeness (QED) is 0.920. The predicted molar refractivity (Wildman–Crippen MR) is 96.3 cm³/mol. The van der Waals surface area contributed by atoms with Gasteiger partial charge in [-0.2, -0.15) is 0 Å². The number of aryl methyl sites for hydroxylation is 1. The van der Waals surface area contributed by atoms with E-state index in [1.165, 1.54) is 17.7 Å². The van der Waals surface area contributed by atoms with Gasteiger partial charge in [-0.3, -0.25) is 0 Å². The van der Waals surface area contributed by atoms with Gasteiger partial charge in [0, 0.05) is 51.8 Å². The summed E-state index contributed by atoms with van der Waals surface area (Å²) in [6.45, 7) is 5.29. The summed E-state index contributed by atoms with van der Waals surface area (Å²) in [6, 6.07) is 8.76. The Labute approximate surface area is 138 Å². The number of hydrogen-bond acceptors (Lipinski definition) is 5. The molecule has 1 aliphatic heterocycles. The van der Waals surface area contributed by atoms with E-state index in [0.29, 0.717) is 5.92 Å². The monoisotopic (exact) mass is 311 g/mol. The predicted octanol–water partition coefficient (Wildman–Crippen LogP) is 2.79. The van der Waals surface area contributed by atoms with E-state index in [2.05, 4.69) is 51.4 Å². The second-order valence-corrected chi connectivity index (χ2v) is 6.44. The van der Waals surface area contributed by atoms with Crippen molar-refractivity contribution in [2.75, 3.05) is 48.8 Å². The first kappa shape index (κ1) is 15.6. The van der Waals surface area contributed by atoms with Crippen molar-refractivity contribution >= 4 is 17.3 Å². The lowest BCUT2D eigenvalue weighted by Crippen LogP contribution is -2.23. The van der Waals surface area contributed by atoms with Gasteiger partial charge in [0.25, 0.3) is 0 Å². The van der Waals surface area contributed by atoms with Crippen LogP contribution in [0.3, 0.4) is 0 Å². The van der Waals surface area contributed by atoms with Crippen LogP contribution in [0.1, 0.15) is 12.0 Å². The summed E-state index contributed by atoms with van der Waals surface area (Å²) in [6.07, 6.45) is 4.68. The standard InChI is InChI=1S/C18H25N5/c1-14-5-4-6-16(11-14)23-10-7-15(13-23)12-21-17-18(22(2)3)20-9-8-19-17/h4-6,8-9,11,15H,7,10,12-13H2,1-3H3,(H,19,21). The minimum absolute atomic E-state index is 0.632. The first-order valence-electron chi connectivity index (χ1n) is 8.17. The topological polar surface area (TPSA) is 44.3 Å². The molecule has 0 bridgehead atoms. The van der Waals surface area contributed by atoms with E-state index in [-0.39, 0.29) is 0 Å². The zero-order valence-electron chi connectivity index (χ0n) is 14.2. The molecule has 1 aromatic heterocycles. The van der Waals surface area contributed by atoms with Gasteiger partial charge >= 0.3 is 0 Å². The lowest BCUT2D eigenvalue weighted by molar-refractivity contribution is 0.621. The molecule has 5 heteroatoms. The van der Waals surface area contributed by atoms with Gasteiger partial charge in [0.15, 0.2) is 11.6 Å². The summed E-state index contributed by atoms with van der Waals surface area (Å²) in [7, 11) is 3.98. The summed E-state index contributed by atoms with van der Waals surface area (Å²) in [5.74, 6) is 2.39. The Bertz CT molecular complexity index is 655. The molecule has 1 aromatic carbocycles. The first-order valence-corrected chi connectivity index (χ1v) is 8.17. The second-order valence-electron chi connectivity index (χ2n) is 6.44. The molecule has 23 heavy (non-hydrogen) atoms. The maximum atomic E-state index is 4.42. The van der Waals surface area contributed by atoms with Crippen LogP contribution in [0.2, 0.25) is 0 Å². The summed E-state index contributed by atoms with van der Waals surface area (Å²) in [5, 5.41) is 3.48. The van der Waals surface area contributed by atoms with Gasteiger partial charge < -0.3 is 15.1 Å². The average Bonchev–Trinajstić information content (AvgIpc) is 3.02. The Morgan fingerprint density at radius 1 is 1.26 bits per heavy atom. The highest BCUT2D eigenvalue weighted by Gasteiger charge is 2.23. The van der Waals surface area contributed by atoms with E-state index in [0.717, 1.165) is 31.3 Å². The molecule has 1 fully saturated rings. The van der Waals surface area contributed by atoms with Crippen LogP contribution in [0, 0.1) is 12.8 Å². The normalized spacial score (nSPS) is 17.3. The summed E-state index contributed by atoms with van der Waals surface area (Å²) < 4.78 is 0. The number of anilines is 3. The van der Waals surface area contributed by atoms with Crippen LogP contribution in [-0.2, 0) is 0 Å². The van der Waals surface area contributed by atoms with E-state index >= 15 is 0 Å². The molecule has 2 aromatic rings. The minimum atomic E-state index is 0.632. The highest BCUT2D eigenvalue weighted by molar-refractivity contribution is 5.59. The van der Waals surface area contributed by atoms with Crippen molar-refractivity contribution in [3.05, 3.63) is 42.2 Å². The smallest absolute Gasteiger partial charge is 0.171 e. The molecule has 1 unspecified atom stereocenters. The van der Waals surface area contributed by atoms with Gasteiger partial charge in [-0.05, 0) is 37.0 Å². The fraction of sp³-hybridized carbons (Fsp3) is 0.444. The van der Waals surface area contributed by atoms with Gasteiger partial charge in [-0.15, -0.1) is 0 Å². The van der Waals surface area contributed by atoms with Crippen LogP contribution in [0.5, 0.6) is 0 Å². The highest BCUT2D eigenvalue weighted by Crippen LogP contribution is 2.25. The van der Waals surface area contributed by atoms with Crippen molar-refractivity contribution in [3.63, 3.8) is 0 Å². The van der Waals surface area contributed by atoms with Crippen molar-refractivity contribution < 1.29 is 0 Å². The Kier molecular flexibility index (Phi) is 4.65. The fourth-order valence-electron chi connectivity index (χ4n) is 3.08. The Morgan fingerprint density at radius 3 is 2.87 bits per heavy atom. The fourth-order valence-corrected chi connectivity index (χ4v) is 3.08. The number of rotatable bonds is 5. The van der Waals surface area contributed by atoms with Gasteiger partial charge in [0.05, 0.1) is 0 Å². The SMILES string of the molecule is Cc1cccc(N2CCC(CNc3nccnc3N(C)C)C2)c1. The molecular formula is C18H25N5. The molecule has 0 saturated carbocycles. The van der Waals surface area contributed by atoms with E-state index in [1.807, 2.05) is 19.0 Å². The van der Waals surface area contributed by atoms with Crippen LogP contribution in [0.15, 0.2) is 36.7 Å². The molecule has 0 amide bonds. The summed E-state index contributed by atoms with van der Waals surface area (Å²) in [4.78, 5) is 13.3. The maximum absolute atomic E-state index is 4.42. The number of hydrogen-bond donors (Lipinski definition) is 1. The zero-order chi connectivity index (χ0) is 16.2. The van der Waals surface area contributed by atoms with Crippen LogP contribution in [-0.4, -0.2) is 43.7 Å². The lowest BCUT2D eigenvalue weighted by atomic mass is 10.1. The van der Waals surface area contributed by atoms with Crippen molar-refractivity contribution in [1.29, 1.82) is 0 Å². The van der Waals surface area contributed by atoms with Crippen molar-refractivity contribution in [2.24, 2.45) is 5.92 Å². The van der Waals surface area contributed by atoms with Crippen molar-refractivity contribution in [2.45, 2.75) is 13.3 Å². The van der Waals surface area contributed by atoms with Gasteiger partial charge in [0.2, 0.25) is 0 Å². The van der Waals surface area contributed by atoms with Crippen LogP contribution >= 0.6 is 0 Å². The van der Waals surface area contributed by atoms with Crippen molar-refractivity contribution in [3.8, 4) is 0 Å². The molecule has 1 saturated heterocycles. The third-order valence-electron chi connectivity index (χ3n) is 4.31. The molecule has 2 heterocycles. The first-order chi connectivity index (χ1) is 11.1. The lowest BCUT2D eigenvalue weighted by Gasteiger charge is -2.20. The third kappa shape index (κ3) is 3.73. The molecule has 0 spiro atoms. The zero-order valence-corrected chi connectivity index (χ0v) is 14.2.